The third-order valence-electron chi connectivity index (χ3n) is 1.65. The van der Waals surface area contributed by atoms with Gasteiger partial charge in [-0.2, -0.15) is 0 Å². The van der Waals surface area contributed by atoms with Crippen molar-refractivity contribution in [2.45, 2.75) is 13.3 Å². The van der Waals surface area contributed by atoms with Crippen molar-refractivity contribution in [1.82, 2.24) is 5.32 Å². The molecule has 0 fully saturated rings. The van der Waals surface area contributed by atoms with Crippen molar-refractivity contribution in [1.29, 1.82) is 0 Å². The molecule has 0 aliphatic rings. The smallest absolute Gasteiger partial charge is 0.257 e. The van der Waals surface area contributed by atoms with Gasteiger partial charge in [0.1, 0.15) is 0 Å². The zero-order valence-electron chi connectivity index (χ0n) is 7.83. The fourth-order valence-corrected chi connectivity index (χ4v) is 0.909. The van der Waals surface area contributed by atoms with Gasteiger partial charge in [-0.15, -0.1) is 0 Å². The van der Waals surface area contributed by atoms with E-state index in [2.05, 4.69) is 11.4 Å². The molecule has 0 bridgehead atoms. The minimum atomic E-state index is -0.444. The number of anilines is 1. The van der Waals surface area contributed by atoms with Gasteiger partial charge in [0.15, 0.2) is 0 Å². The lowest BCUT2D eigenvalue weighted by atomic mass is 10.2. The van der Waals surface area contributed by atoms with Gasteiger partial charge >= 0.3 is 0 Å². The standard InChI is InChI=1S/C10H11N2O2/c1-2-9(13)12-10(14)7-4-3-5-8(11)6-7/h4-6H,2,11H2,1H3,(H,12,13,14). The quantitative estimate of drug-likeness (QED) is 0.677. The second-order valence-electron chi connectivity index (χ2n) is 2.79. The second-order valence-corrected chi connectivity index (χ2v) is 2.79. The maximum absolute atomic E-state index is 11.4. The van der Waals surface area contributed by atoms with Crippen LogP contribution < -0.4 is 11.1 Å². The molecular weight excluding hydrogens is 180 g/mol. The van der Waals surface area contributed by atoms with Gasteiger partial charge in [0.25, 0.3) is 5.91 Å². The van der Waals surface area contributed by atoms with Crippen molar-refractivity contribution >= 4 is 17.5 Å². The Morgan fingerprint density at radius 2 is 2.21 bits per heavy atom. The number of nitrogens with two attached hydrogens (primary N) is 1. The Hall–Kier alpha value is -1.84. The molecule has 0 saturated heterocycles. The highest BCUT2D eigenvalue weighted by Crippen LogP contribution is 2.05. The first kappa shape index (κ1) is 10.2. The first-order valence-electron chi connectivity index (χ1n) is 4.24. The van der Waals surface area contributed by atoms with Crippen LogP contribution in [0.3, 0.4) is 0 Å². The van der Waals surface area contributed by atoms with Crippen molar-refractivity contribution in [3.63, 3.8) is 0 Å². The van der Waals surface area contributed by atoms with Crippen molar-refractivity contribution in [2.75, 3.05) is 5.73 Å². The summed E-state index contributed by atoms with van der Waals surface area (Å²) in [6.07, 6.45) is 0.276. The molecule has 14 heavy (non-hydrogen) atoms. The average Bonchev–Trinajstić information content (AvgIpc) is 2.17. The van der Waals surface area contributed by atoms with E-state index in [1.54, 1.807) is 13.0 Å². The highest BCUT2D eigenvalue weighted by Gasteiger charge is 2.08. The van der Waals surface area contributed by atoms with Gasteiger partial charge in [-0.05, 0) is 24.3 Å². The summed E-state index contributed by atoms with van der Waals surface area (Å²) in [6.45, 7) is 1.67. The molecule has 4 nitrogen and oxygen atoms in total. The second kappa shape index (κ2) is 4.41. The third-order valence-corrected chi connectivity index (χ3v) is 1.65. The maximum Gasteiger partial charge on any atom is 0.257 e. The van der Waals surface area contributed by atoms with Crippen LogP contribution in [0.2, 0.25) is 0 Å². The molecule has 73 valence electrons. The number of benzene rings is 1. The Labute approximate surface area is 82.1 Å². The molecule has 0 atom stereocenters. The highest BCUT2D eigenvalue weighted by atomic mass is 16.2. The first-order chi connectivity index (χ1) is 6.63. The van der Waals surface area contributed by atoms with Crippen molar-refractivity contribution in [3.05, 3.63) is 29.8 Å². The molecule has 3 N–H and O–H groups in total. The van der Waals surface area contributed by atoms with Gasteiger partial charge in [-0.1, -0.05) is 6.92 Å². The van der Waals surface area contributed by atoms with Gasteiger partial charge < -0.3 is 5.73 Å². The van der Waals surface area contributed by atoms with Crippen molar-refractivity contribution < 1.29 is 9.59 Å². The van der Waals surface area contributed by atoms with Gasteiger partial charge in [-0.25, -0.2) is 0 Å². The summed E-state index contributed by atoms with van der Waals surface area (Å²) in [6, 6.07) is 7.23. The summed E-state index contributed by atoms with van der Waals surface area (Å²) in [5, 5.41) is 2.22. The maximum atomic E-state index is 11.4. The van der Waals surface area contributed by atoms with Crippen LogP contribution in [0.4, 0.5) is 5.69 Å². The number of rotatable bonds is 2. The largest absolute Gasteiger partial charge is 0.399 e. The molecule has 1 aromatic rings. The molecule has 0 aliphatic heterocycles. The number of hydrogen-bond donors (Lipinski definition) is 2. The van der Waals surface area contributed by atoms with E-state index in [0.717, 1.165) is 0 Å². The van der Waals surface area contributed by atoms with E-state index < -0.39 is 5.91 Å². The number of amides is 2. The van der Waals surface area contributed by atoms with Crippen molar-refractivity contribution in [2.24, 2.45) is 0 Å². The lowest BCUT2D eigenvalue weighted by molar-refractivity contribution is -0.119. The van der Waals surface area contributed by atoms with Crippen LogP contribution in [-0.4, -0.2) is 11.8 Å². The number of hydrogen-bond acceptors (Lipinski definition) is 3. The fraction of sp³-hybridized carbons (Fsp3) is 0.200. The molecule has 1 radical (unpaired) electrons. The summed E-state index contributed by atoms with van der Waals surface area (Å²) in [5.41, 5.74) is 6.25. The molecule has 0 spiro atoms. The summed E-state index contributed by atoms with van der Waals surface area (Å²) < 4.78 is 0. The molecule has 1 rings (SSSR count). The van der Waals surface area contributed by atoms with E-state index in [9.17, 15) is 9.59 Å². The van der Waals surface area contributed by atoms with Gasteiger partial charge in [0.2, 0.25) is 5.91 Å². The molecule has 0 heterocycles. The van der Waals surface area contributed by atoms with E-state index in [0.29, 0.717) is 11.3 Å². The zero-order valence-corrected chi connectivity index (χ0v) is 7.83. The SMILES string of the molecule is CCC(=O)NC(=O)c1c[c]cc(N)c1. The molecule has 0 saturated carbocycles. The van der Waals surface area contributed by atoms with Crippen LogP contribution in [-0.2, 0) is 4.79 Å². The van der Waals surface area contributed by atoms with Gasteiger partial charge in [0, 0.05) is 17.7 Å². The topological polar surface area (TPSA) is 72.2 Å². The summed E-state index contributed by atoms with van der Waals surface area (Å²) >= 11 is 0. The number of carbonyl (C=O) groups excluding carboxylic acids is 2. The van der Waals surface area contributed by atoms with Crippen molar-refractivity contribution in [3.8, 4) is 0 Å². The van der Waals surface area contributed by atoms with E-state index in [-0.39, 0.29) is 12.3 Å². The van der Waals surface area contributed by atoms with Crippen LogP contribution >= 0.6 is 0 Å². The Morgan fingerprint density at radius 1 is 1.50 bits per heavy atom. The van der Waals surface area contributed by atoms with Crippen LogP contribution in [0.15, 0.2) is 18.2 Å². The van der Waals surface area contributed by atoms with E-state index >= 15 is 0 Å². The lowest BCUT2D eigenvalue weighted by Crippen LogP contribution is -2.29. The molecule has 0 aliphatic carbocycles. The Kier molecular flexibility index (Phi) is 3.23. The van der Waals surface area contributed by atoms with Gasteiger partial charge in [0.05, 0.1) is 0 Å². The monoisotopic (exact) mass is 191 g/mol. The minimum Gasteiger partial charge on any atom is -0.399 e. The number of carbonyl (C=O) groups is 2. The number of imide groups is 1. The Morgan fingerprint density at radius 3 is 2.79 bits per heavy atom. The normalized spacial score (nSPS) is 9.50. The fourth-order valence-electron chi connectivity index (χ4n) is 0.909. The first-order valence-corrected chi connectivity index (χ1v) is 4.24. The zero-order chi connectivity index (χ0) is 10.6. The Balaban J connectivity index is 2.75. The third kappa shape index (κ3) is 2.58. The lowest BCUT2D eigenvalue weighted by Gasteiger charge is -2.02. The Bertz CT molecular complexity index is 361. The molecule has 0 aromatic heterocycles. The predicted octanol–water partition coefficient (Wildman–Crippen LogP) is 0.735. The average molecular weight is 191 g/mol. The van der Waals surface area contributed by atoms with Gasteiger partial charge in [-0.3, -0.25) is 14.9 Å². The molecule has 2 amide bonds. The predicted molar refractivity (Wildman–Crippen MR) is 52.5 cm³/mol. The van der Waals surface area contributed by atoms with E-state index in [4.69, 9.17) is 5.73 Å². The minimum absolute atomic E-state index is 0.276. The van der Waals surface area contributed by atoms with E-state index in [1.807, 2.05) is 0 Å². The summed E-state index contributed by atoms with van der Waals surface area (Å²) in [4.78, 5) is 22.3. The van der Waals surface area contributed by atoms with E-state index in [1.165, 1.54) is 12.1 Å². The van der Waals surface area contributed by atoms with Crippen LogP contribution in [0, 0.1) is 6.07 Å². The molecule has 0 unspecified atom stereocenters. The molecular formula is C10H11N2O2. The van der Waals surface area contributed by atoms with Crippen LogP contribution in [0.25, 0.3) is 0 Å². The highest BCUT2D eigenvalue weighted by molar-refractivity contribution is 6.04. The number of nitrogen functional groups attached to an aromatic ring is 1. The number of nitrogens with one attached hydrogen (secondary N) is 1. The molecule has 4 heteroatoms. The summed E-state index contributed by atoms with van der Waals surface area (Å²) in [7, 11) is 0. The summed E-state index contributed by atoms with van der Waals surface area (Å²) in [5.74, 6) is -0.752. The van der Waals surface area contributed by atoms with Crippen LogP contribution in [0.1, 0.15) is 23.7 Å². The molecule has 1 aromatic carbocycles. The van der Waals surface area contributed by atoms with Crippen LogP contribution in [0.5, 0.6) is 0 Å².